The summed E-state index contributed by atoms with van der Waals surface area (Å²) in [6, 6.07) is 4.43. The molecule has 0 amide bonds. The molecule has 13 heavy (non-hydrogen) atoms. The van der Waals surface area contributed by atoms with E-state index in [4.69, 9.17) is 11.6 Å². The monoisotopic (exact) mass is 197 g/mol. The van der Waals surface area contributed by atoms with E-state index >= 15 is 0 Å². The highest BCUT2D eigenvalue weighted by Gasteiger charge is 2.10. The Kier molecular flexibility index (Phi) is 2.34. The van der Waals surface area contributed by atoms with Crippen LogP contribution >= 0.6 is 11.6 Å². The molecule has 1 aromatic rings. The van der Waals surface area contributed by atoms with Gasteiger partial charge in [0.05, 0.1) is 0 Å². The molecule has 0 atom stereocenters. The van der Waals surface area contributed by atoms with E-state index in [0.717, 1.165) is 24.2 Å². The lowest BCUT2D eigenvalue weighted by Gasteiger charge is -2.04. The summed E-state index contributed by atoms with van der Waals surface area (Å²) in [6.07, 6.45) is 2.03. The van der Waals surface area contributed by atoms with Gasteiger partial charge in [-0.15, -0.1) is 0 Å². The van der Waals surface area contributed by atoms with Crippen molar-refractivity contribution in [2.24, 2.45) is 0 Å². The number of nitrogens with one attached hydrogen (secondary N) is 1. The summed E-state index contributed by atoms with van der Waals surface area (Å²) >= 11 is 5.94. The van der Waals surface area contributed by atoms with Gasteiger partial charge in [-0.3, -0.25) is 0 Å². The summed E-state index contributed by atoms with van der Waals surface area (Å²) in [5.41, 5.74) is 1.87. The minimum absolute atomic E-state index is 0.243. The molecule has 0 aromatic heterocycles. The van der Waals surface area contributed by atoms with E-state index in [2.05, 4.69) is 5.32 Å². The highest BCUT2D eigenvalue weighted by Crippen LogP contribution is 2.25. The first-order valence-corrected chi connectivity index (χ1v) is 4.50. The van der Waals surface area contributed by atoms with Crippen LogP contribution in [0.15, 0.2) is 24.3 Å². The zero-order chi connectivity index (χ0) is 9.26. The van der Waals surface area contributed by atoms with E-state index < -0.39 is 0 Å². The maximum absolute atomic E-state index is 12.9. The molecule has 1 N–H and O–H groups in total. The van der Waals surface area contributed by atoms with Crippen molar-refractivity contribution < 1.29 is 4.39 Å². The molecule has 0 aliphatic carbocycles. The second-order valence-electron chi connectivity index (χ2n) is 2.98. The van der Waals surface area contributed by atoms with Gasteiger partial charge in [0, 0.05) is 23.7 Å². The minimum Gasteiger partial charge on any atom is -0.309 e. The van der Waals surface area contributed by atoms with Crippen molar-refractivity contribution in [3.05, 3.63) is 40.7 Å². The first kappa shape index (κ1) is 8.73. The molecule has 68 valence electrons. The highest BCUT2D eigenvalue weighted by molar-refractivity contribution is 6.32. The van der Waals surface area contributed by atoms with Crippen molar-refractivity contribution in [1.29, 1.82) is 0 Å². The molecular weight excluding hydrogens is 189 g/mol. The van der Waals surface area contributed by atoms with Gasteiger partial charge < -0.3 is 5.32 Å². The molecule has 0 saturated carbocycles. The van der Waals surface area contributed by atoms with E-state index in [9.17, 15) is 4.39 Å². The molecule has 0 saturated heterocycles. The lowest BCUT2D eigenvalue weighted by atomic mass is 10.1. The molecule has 1 aromatic carbocycles. The average molecular weight is 198 g/mol. The van der Waals surface area contributed by atoms with Crippen LogP contribution in [0.5, 0.6) is 0 Å². The first-order chi connectivity index (χ1) is 6.27. The molecule has 0 spiro atoms. The number of halogens is 2. The molecule has 3 heteroatoms. The van der Waals surface area contributed by atoms with Gasteiger partial charge in [-0.2, -0.15) is 0 Å². The summed E-state index contributed by atoms with van der Waals surface area (Å²) < 4.78 is 12.9. The summed E-state index contributed by atoms with van der Waals surface area (Å²) in [7, 11) is 0. The summed E-state index contributed by atoms with van der Waals surface area (Å²) in [5.74, 6) is -0.243. The average Bonchev–Trinajstić information content (AvgIpc) is 2.61. The Bertz CT molecular complexity index is 360. The maximum atomic E-state index is 12.9. The molecule has 1 aliphatic rings. The van der Waals surface area contributed by atoms with Gasteiger partial charge >= 0.3 is 0 Å². The fourth-order valence-electron chi connectivity index (χ4n) is 1.42. The number of hydrogen-bond acceptors (Lipinski definition) is 1. The molecular formula is C10H9ClFN. The van der Waals surface area contributed by atoms with Crippen molar-refractivity contribution in [3.63, 3.8) is 0 Å². The zero-order valence-corrected chi connectivity index (χ0v) is 7.74. The van der Waals surface area contributed by atoms with Crippen LogP contribution in [0.3, 0.4) is 0 Å². The lowest BCUT2D eigenvalue weighted by Crippen LogP contribution is -2.07. The maximum Gasteiger partial charge on any atom is 0.123 e. The van der Waals surface area contributed by atoms with E-state index in [-0.39, 0.29) is 5.82 Å². The third kappa shape index (κ3) is 1.74. The molecule has 0 bridgehead atoms. The first-order valence-electron chi connectivity index (χ1n) is 4.12. The van der Waals surface area contributed by atoms with E-state index in [0.29, 0.717) is 5.02 Å². The van der Waals surface area contributed by atoms with E-state index in [1.807, 2.05) is 6.08 Å². The third-order valence-corrected chi connectivity index (χ3v) is 2.41. The fourth-order valence-corrected chi connectivity index (χ4v) is 1.66. The summed E-state index contributed by atoms with van der Waals surface area (Å²) in [5, 5.41) is 3.75. The van der Waals surface area contributed by atoms with Crippen LogP contribution in [0.1, 0.15) is 5.56 Å². The summed E-state index contributed by atoms with van der Waals surface area (Å²) in [4.78, 5) is 0. The number of hydrogen-bond donors (Lipinski definition) is 1. The van der Waals surface area contributed by atoms with Crippen molar-refractivity contribution in [1.82, 2.24) is 5.32 Å². The topological polar surface area (TPSA) is 12.0 Å². The number of rotatable bonds is 1. The van der Waals surface area contributed by atoms with E-state index in [1.54, 1.807) is 6.07 Å². The van der Waals surface area contributed by atoms with Gasteiger partial charge in [-0.05, 0) is 23.8 Å². The number of benzene rings is 1. The standard InChI is InChI=1S/C10H9ClFN/c11-10-2-1-8(12)5-9(10)7-3-4-13-6-7/h1-3,5,13H,4,6H2. The quantitative estimate of drug-likeness (QED) is 0.730. The second-order valence-corrected chi connectivity index (χ2v) is 3.39. The molecule has 1 heterocycles. The van der Waals surface area contributed by atoms with Gasteiger partial charge in [-0.25, -0.2) is 4.39 Å². The molecule has 0 unspecified atom stereocenters. The highest BCUT2D eigenvalue weighted by atomic mass is 35.5. The Morgan fingerprint density at radius 3 is 2.92 bits per heavy atom. The van der Waals surface area contributed by atoms with Crippen molar-refractivity contribution >= 4 is 17.2 Å². The van der Waals surface area contributed by atoms with Crippen molar-refractivity contribution in [2.45, 2.75) is 0 Å². The Balaban J connectivity index is 2.43. The van der Waals surface area contributed by atoms with Gasteiger partial charge in [0.1, 0.15) is 5.82 Å². The van der Waals surface area contributed by atoms with Crippen LogP contribution in [0.25, 0.3) is 5.57 Å². The van der Waals surface area contributed by atoms with E-state index in [1.165, 1.54) is 12.1 Å². The fraction of sp³-hybridized carbons (Fsp3) is 0.200. The SMILES string of the molecule is Fc1ccc(Cl)c(C2=CCNC2)c1. The van der Waals surface area contributed by atoms with Crippen LogP contribution in [0.2, 0.25) is 5.02 Å². The smallest absolute Gasteiger partial charge is 0.123 e. The van der Waals surface area contributed by atoms with Crippen LogP contribution in [-0.4, -0.2) is 13.1 Å². The lowest BCUT2D eigenvalue weighted by molar-refractivity contribution is 0.627. The van der Waals surface area contributed by atoms with Crippen LogP contribution in [0.4, 0.5) is 4.39 Å². The van der Waals surface area contributed by atoms with Crippen molar-refractivity contribution in [2.75, 3.05) is 13.1 Å². The third-order valence-electron chi connectivity index (χ3n) is 2.08. The van der Waals surface area contributed by atoms with Gasteiger partial charge in [-0.1, -0.05) is 17.7 Å². The molecule has 0 fully saturated rings. The normalized spacial score (nSPS) is 16.0. The van der Waals surface area contributed by atoms with Crippen LogP contribution in [-0.2, 0) is 0 Å². The molecule has 1 aliphatic heterocycles. The van der Waals surface area contributed by atoms with Gasteiger partial charge in [0.2, 0.25) is 0 Å². The molecule has 2 rings (SSSR count). The Labute approximate surface area is 81.2 Å². The van der Waals surface area contributed by atoms with Gasteiger partial charge in [0.25, 0.3) is 0 Å². The molecule has 1 nitrogen and oxygen atoms in total. The minimum atomic E-state index is -0.243. The van der Waals surface area contributed by atoms with Crippen LogP contribution < -0.4 is 5.32 Å². The Morgan fingerprint density at radius 2 is 2.23 bits per heavy atom. The zero-order valence-electron chi connectivity index (χ0n) is 6.98. The Morgan fingerprint density at radius 1 is 1.38 bits per heavy atom. The predicted octanol–water partition coefficient (Wildman–Crippen LogP) is 2.47. The predicted molar refractivity (Wildman–Crippen MR) is 52.3 cm³/mol. The molecule has 0 radical (unpaired) electrons. The van der Waals surface area contributed by atoms with Crippen molar-refractivity contribution in [3.8, 4) is 0 Å². The second kappa shape index (κ2) is 3.48. The van der Waals surface area contributed by atoms with Crippen LogP contribution in [0, 0.1) is 5.82 Å². The largest absolute Gasteiger partial charge is 0.309 e. The Hall–Kier alpha value is -0.860. The summed E-state index contributed by atoms with van der Waals surface area (Å²) in [6.45, 7) is 1.60. The van der Waals surface area contributed by atoms with Gasteiger partial charge in [0.15, 0.2) is 0 Å².